The summed E-state index contributed by atoms with van der Waals surface area (Å²) in [5, 5.41) is 0. The maximum Gasteiger partial charge on any atom is 0.0658 e. The molecule has 0 heterocycles. The summed E-state index contributed by atoms with van der Waals surface area (Å²) in [7, 11) is 3.89. The second kappa shape index (κ2) is 7.49. The topological polar surface area (TPSA) is 38.5 Å². The molecule has 0 aliphatic carbocycles. The first kappa shape index (κ1) is 15.2. The maximum atomic E-state index is 5.91. The minimum atomic E-state index is -0.0100. The summed E-state index contributed by atoms with van der Waals surface area (Å²) in [5.41, 5.74) is 5.90. The monoisotopic (exact) mass is 234 g/mol. The van der Waals surface area contributed by atoms with Crippen LogP contribution in [0.15, 0.2) is 0 Å². The lowest BCUT2D eigenvalue weighted by atomic mass is 9.94. The third-order valence-electron chi connectivity index (χ3n) is 3.27. The molecule has 0 aromatic rings. The van der Waals surface area contributed by atoms with E-state index in [9.17, 15) is 0 Å². The molecule has 2 N–H and O–H groups in total. The Morgan fingerprint density at radius 2 is 2.13 bits per heavy atom. The van der Waals surface area contributed by atoms with Crippen LogP contribution in [0.3, 0.4) is 0 Å². The van der Waals surface area contributed by atoms with E-state index in [2.05, 4.69) is 32.1 Å². The van der Waals surface area contributed by atoms with Crippen molar-refractivity contribution in [2.75, 3.05) is 39.3 Å². The Morgan fingerprint density at radius 3 is 2.47 bits per heavy atom. The van der Waals surface area contributed by atoms with Gasteiger partial charge in [0.2, 0.25) is 0 Å². The molecule has 0 radical (unpaired) electrons. The van der Waals surface area contributed by atoms with Gasteiger partial charge in [0, 0.05) is 25.4 Å². The number of hydrogen-bond acceptors (Lipinski definition) is 4. The van der Waals surface area contributed by atoms with Crippen LogP contribution in [0.25, 0.3) is 0 Å². The van der Waals surface area contributed by atoms with E-state index < -0.39 is 0 Å². The van der Waals surface area contributed by atoms with Crippen molar-refractivity contribution in [3.8, 4) is 0 Å². The van der Waals surface area contributed by atoms with Gasteiger partial charge in [0.1, 0.15) is 0 Å². The van der Waals surface area contributed by atoms with Crippen molar-refractivity contribution in [3.63, 3.8) is 0 Å². The predicted molar refractivity (Wildman–Crippen MR) is 69.6 cm³/mol. The zero-order valence-electron chi connectivity index (χ0n) is 10.7. The van der Waals surface area contributed by atoms with Crippen molar-refractivity contribution in [1.82, 2.24) is 4.90 Å². The van der Waals surface area contributed by atoms with Crippen LogP contribution in [0.1, 0.15) is 20.3 Å². The second-order valence-electron chi connectivity index (χ2n) is 4.13. The van der Waals surface area contributed by atoms with Gasteiger partial charge in [0.15, 0.2) is 0 Å². The van der Waals surface area contributed by atoms with Gasteiger partial charge in [-0.25, -0.2) is 0 Å². The van der Waals surface area contributed by atoms with Gasteiger partial charge in [-0.2, -0.15) is 11.8 Å². The lowest BCUT2D eigenvalue weighted by Crippen LogP contribution is -2.58. The first-order valence-electron chi connectivity index (χ1n) is 5.48. The number of likely N-dealkylation sites (N-methyl/N-ethyl adjacent to an activating group) is 1. The first-order valence-corrected chi connectivity index (χ1v) is 6.88. The Hall–Kier alpha value is 0.230. The fraction of sp³-hybridized carbons (Fsp3) is 1.00. The van der Waals surface area contributed by atoms with Crippen LogP contribution < -0.4 is 5.73 Å². The van der Waals surface area contributed by atoms with Gasteiger partial charge < -0.3 is 10.5 Å². The highest BCUT2D eigenvalue weighted by Gasteiger charge is 2.33. The van der Waals surface area contributed by atoms with E-state index in [0.717, 1.165) is 12.2 Å². The van der Waals surface area contributed by atoms with Crippen LogP contribution in [0, 0.1) is 0 Å². The lowest BCUT2D eigenvalue weighted by Gasteiger charge is -2.43. The van der Waals surface area contributed by atoms with Crippen LogP contribution in [0.4, 0.5) is 0 Å². The Labute approximate surface area is 98.7 Å². The fourth-order valence-corrected chi connectivity index (χ4v) is 2.60. The predicted octanol–water partition coefficient (Wildman–Crippen LogP) is 1.42. The van der Waals surface area contributed by atoms with E-state index in [1.54, 1.807) is 7.11 Å². The maximum absolute atomic E-state index is 5.91. The van der Waals surface area contributed by atoms with E-state index in [1.807, 2.05) is 11.8 Å². The molecule has 0 amide bonds. The van der Waals surface area contributed by atoms with Crippen molar-refractivity contribution < 1.29 is 4.74 Å². The van der Waals surface area contributed by atoms with Gasteiger partial charge in [0.05, 0.1) is 12.1 Å². The Kier molecular flexibility index (Phi) is 7.61. The highest BCUT2D eigenvalue weighted by molar-refractivity contribution is 7.98. The molecule has 0 bridgehead atoms. The molecule has 2 atom stereocenters. The average molecular weight is 234 g/mol. The Bertz CT molecular complexity index is 163. The second-order valence-corrected chi connectivity index (χ2v) is 5.04. The number of hydrogen-bond donors (Lipinski definition) is 1. The number of thioether (sulfide) groups is 1. The minimum Gasteiger partial charge on any atom is -0.383 e. The summed E-state index contributed by atoms with van der Waals surface area (Å²) >= 11 is 1.87. The third kappa shape index (κ3) is 3.94. The summed E-state index contributed by atoms with van der Waals surface area (Å²) in [6, 6.07) is 0.527. The third-order valence-corrected chi connectivity index (χ3v) is 4.08. The molecule has 0 fully saturated rings. The fourth-order valence-electron chi connectivity index (χ4n) is 1.89. The molecule has 92 valence electrons. The normalized spacial score (nSPS) is 17.8. The van der Waals surface area contributed by atoms with Gasteiger partial charge in [-0.1, -0.05) is 6.92 Å². The van der Waals surface area contributed by atoms with Crippen LogP contribution in [0.5, 0.6) is 0 Å². The Balaban J connectivity index is 4.58. The van der Waals surface area contributed by atoms with Crippen LogP contribution in [0.2, 0.25) is 0 Å². The van der Waals surface area contributed by atoms with E-state index in [0.29, 0.717) is 19.2 Å². The SMILES string of the molecule is CCC(CN)(COC)N(C)C(C)CSC. The molecule has 0 saturated carbocycles. The Morgan fingerprint density at radius 1 is 1.53 bits per heavy atom. The van der Waals surface area contributed by atoms with E-state index in [4.69, 9.17) is 10.5 Å². The summed E-state index contributed by atoms with van der Waals surface area (Å²) in [6.07, 6.45) is 3.16. The molecule has 0 spiro atoms. The molecule has 0 aromatic carbocycles. The molecular formula is C11H26N2OS. The van der Waals surface area contributed by atoms with E-state index in [-0.39, 0.29) is 5.54 Å². The van der Waals surface area contributed by atoms with Crippen LogP contribution in [-0.2, 0) is 4.74 Å². The summed E-state index contributed by atoms with van der Waals surface area (Å²) in [6.45, 7) is 5.77. The lowest BCUT2D eigenvalue weighted by molar-refractivity contribution is 0.0120. The highest BCUT2D eigenvalue weighted by Crippen LogP contribution is 2.21. The molecule has 0 saturated heterocycles. The molecule has 2 unspecified atom stereocenters. The summed E-state index contributed by atoms with van der Waals surface area (Å²) in [4.78, 5) is 2.37. The summed E-state index contributed by atoms with van der Waals surface area (Å²) in [5.74, 6) is 1.13. The van der Waals surface area contributed by atoms with Crippen molar-refractivity contribution >= 4 is 11.8 Å². The largest absolute Gasteiger partial charge is 0.383 e. The zero-order valence-corrected chi connectivity index (χ0v) is 11.6. The molecule has 4 heteroatoms. The summed E-state index contributed by atoms with van der Waals surface area (Å²) < 4.78 is 5.31. The van der Waals surface area contributed by atoms with Crippen molar-refractivity contribution in [2.45, 2.75) is 31.8 Å². The van der Waals surface area contributed by atoms with E-state index >= 15 is 0 Å². The first-order chi connectivity index (χ1) is 7.07. The smallest absolute Gasteiger partial charge is 0.0658 e. The average Bonchev–Trinajstić information content (AvgIpc) is 2.25. The minimum absolute atomic E-state index is 0.0100. The number of rotatable bonds is 8. The molecule has 0 aromatic heterocycles. The van der Waals surface area contributed by atoms with Crippen molar-refractivity contribution in [3.05, 3.63) is 0 Å². The molecule has 0 aliphatic rings. The standard InChI is InChI=1S/C11H26N2OS/c1-6-11(8-12,9-14-4)13(3)10(2)7-15-5/h10H,6-9,12H2,1-5H3. The van der Waals surface area contributed by atoms with Gasteiger partial charge in [-0.15, -0.1) is 0 Å². The van der Waals surface area contributed by atoms with Crippen molar-refractivity contribution in [1.29, 1.82) is 0 Å². The van der Waals surface area contributed by atoms with Crippen molar-refractivity contribution in [2.24, 2.45) is 5.73 Å². The van der Waals surface area contributed by atoms with Gasteiger partial charge in [-0.3, -0.25) is 4.90 Å². The van der Waals surface area contributed by atoms with Gasteiger partial charge in [0.25, 0.3) is 0 Å². The van der Waals surface area contributed by atoms with Crippen LogP contribution in [-0.4, -0.2) is 55.8 Å². The van der Waals surface area contributed by atoms with Crippen LogP contribution >= 0.6 is 11.8 Å². The van der Waals surface area contributed by atoms with E-state index in [1.165, 1.54) is 0 Å². The number of nitrogens with zero attached hydrogens (tertiary/aromatic N) is 1. The number of nitrogens with two attached hydrogens (primary N) is 1. The van der Waals surface area contributed by atoms with Gasteiger partial charge >= 0.3 is 0 Å². The number of methoxy groups -OCH3 is 1. The molecule has 15 heavy (non-hydrogen) atoms. The highest BCUT2D eigenvalue weighted by atomic mass is 32.2. The molecule has 0 rings (SSSR count). The molecule has 0 aliphatic heterocycles. The quantitative estimate of drug-likeness (QED) is 0.689. The molecule has 3 nitrogen and oxygen atoms in total. The number of ether oxygens (including phenoxy) is 1. The molecular weight excluding hydrogens is 208 g/mol. The zero-order chi connectivity index (χ0) is 11.9. The van der Waals surface area contributed by atoms with Gasteiger partial charge in [-0.05, 0) is 26.6 Å².